The zero-order chi connectivity index (χ0) is 12.2. The van der Waals surface area contributed by atoms with Crippen LogP contribution in [0.2, 0.25) is 0 Å². The summed E-state index contributed by atoms with van der Waals surface area (Å²) in [6, 6.07) is 7.34. The zero-order valence-corrected chi connectivity index (χ0v) is 10.9. The molecule has 0 aliphatic heterocycles. The Morgan fingerprint density at radius 3 is 2.19 bits per heavy atom. The molecule has 0 heterocycles. The van der Waals surface area contributed by atoms with E-state index in [0.29, 0.717) is 5.56 Å². The highest BCUT2D eigenvalue weighted by atomic mass is 35.7. The van der Waals surface area contributed by atoms with Gasteiger partial charge in [-0.05, 0) is 24.5 Å². The van der Waals surface area contributed by atoms with Crippen molar-refractivity contribution in [1.29, 1.82) is 0 Å². The molecule has 1 unspecified atom stereocenters. The molecule has 0 saturated carbocycles. The number of methoxy groups -OCH3 is 1. The van der Waals surface area contributed by atoms with Crippen LogP contribution >= 0.6 is 10.7 Å². The van der Waals surface area contributed by atoms with Gasteiger partial charge in [-0.3, -0.25) is 0 Å². The Labute approximate surface area is 101 Å². The first-order valence-electron chi connectivity index (χ1n) is 4.93. The highest BCUT2D eigenvalue weighted by Gasteiger charge is 2.07. The predicted molar refractivity (Wildman–Crippen MR) is 65.1 cm³/mol. The average molecular weight is 263 g/mol. The van der Waals surface area contributed by atoms with Crippen molar-refractivity contribution in [3.63, 3.8) is 0 Å². The first-order chi connectivity index (χ1) is 7.40. The van der Waals surface area contributed by atoms with E-state index in [1.807, 2.05) is 19.1 Å². The van der Waals surface area contributed by atoms with Crippen LogP contribution in [-0.4, -0.2) is 21.6 Å². The lowest BCUT2D eigenvalue weighted by atomic mass is 10.1. The number of hydrogen-bond donors (Lipinski definition) is 0. The van der Waals surface area contributed by atoms with E-state index in [9.17, 15) is 8.42 Å². The molecule has 0 N–H and O–H groups in total. The molecule has 0 aromatic heterocycles. The van der Waals surface area contributed by atoms with Crippen LogP contribution in [0.15, 0.2) is 24.3 Å². The lowest BCUT2D eigenvalue weighted by Gasteiger charge is -2.09. The third kappa shape index (κ3) is 4.96. The smallest absolute Gasteiger partial charge is 0.236 e. The summed E-state index contributed by atoms with van der Waals surface area (Å²) in [5, 5.41) is 0. The lowest BCUT2D eigenvalue weighted by Crippen LogP contribution is -2.08. The van der Waals surface area contributed by atoms with E-state index in [2.05, 4.69) is 0 Å². The van der Waals surface area contributed by atoms with Crippen molar-refractivity contribution < 1.29 is 13.2 Å². The van der Waals surface area contributed by atoms with Gasteiger partial charge in [0.15, 0.2) is 0 Å². The first-order valence-corrected chi connectivity index (χ1v) is 7.41. The van der Waals surface area contributed by atoms with E-state index in [1.54, 1.807) is 19.2 Å². The van der Waals surface area contributed by atoms with Gasteiger partial charge in [0.25, 0.3) is 0 Å². The minimum Gasteiger partial charge on any atom is -0.381 e. The largest absolute Gasteiger partial charge is 0.381 e. The molecule has 0 spiro atoms. The maximum Gasteiger partial charge on any atom is 0.236 e. The Hall–Kier alpha value is -0.580. The molecule has 1 atom stereocenters. The molecule has 0 fully saturated rings. The monoisotopic (exact) mass is 262 g/mol. The SMILES string of the molecule is COC(C)Cc1ccc(CS(=O)(=O)Cl)cc1. The van der Waals surface area contributed by atoms with E-state index >= 15 is 0 Å². The third-order valence-electron chi connectivity index (χ3n) is 2.29. The summed E-state index contributed by atoms with van der Waals surface area (Å²) in [7, 11) is 3.36. The Morgan fingerprint density at radius 2 is 1.75 bits per heavy atom. The summed E-state index contributed by atoms with van der Waals surface area (Å²) in [5.41, 5.74) is 1.81. The fourth-order valence-electron chi connectivity index (χ4n) is 1.39. The molecular weight excluding hydrogens is 248 g/mol. The van der Waals surface area contributed by atoms with Crippen LogP contribution in [0.5, 0.6) is 0 Å². The normalized spacial score (nSPS) is 13.7. The fraction of sp³-hybridized carbons (Fsp3) is 0.455. The van der Waals surface area contributed by atoms with Crippen molar-refractivity contribution in [1.82, 2.24) is 0 Å². The van der Waals surface area contributed by atoms with Gasteiger partial charge < -0.3 is 4.74 Å². The van der Waals surface area contributed by atoms with E-state index in [0.717, 1.165) is 12.0 Å². The van der Waals surface area contributed by atoms with Gasteiger partial charge in [-0.2, -0.15) is 0 Å². The van der Waals surface area contributed by atoms with Gasteiger partial charge in [0.05, 0.1) is 11.9 Å². The summed E-state index contributed by atoms with van der Waals surface area (Å²) in [5.74, 6) is -0.130. The second-order valence-electron chi connectivity index (χ2n) is 3.75. The van der Waals surface area contributed by atoms with Crippen LogP contribution in [0.4, 0.5) is 0 Å². The number of halogens is 1. The number of ether oxygens (including phenoxy) is 1. The van der Waals surface area contributed by atoms with E-state index in [1.165, 1.54) is 0 Å². The molecule has 5 heteroatoms. The van der Waals surface area contributed by atoms with Crippen molar-refractivity contribution in [2.45, 2.75) is 25.2 Å². The maximum atomic E-state index is 10.9. The number of hydrogen-bond acceptors (Lipinski definition) is 3. The molecule has 0 saturated heterocycles. The lowest BCUT2D eigenvalue weighted by molar-refractivity contribution is 0.119. The summed E-state index contributed by atoms with van der Waals surface area (Å²) >= 11 is 0. The Kier molecular flexibility index (Phi) is 4.77. The third-order valence-corrected chi connectivity index (χ3v) is 3.29. The molecule has 0 radical (unpaired) electrons. The summed E-state index contributed by atoms with van der Waals surface area (Å²) < 4.78 is 26.9. The van der Waals surface area contributed by atoms with E-state index in [4.69, 9.17) is 15.4 Å². The number of rotatable bonds is 5. The molecule has 3 nitrogen and oxygen atoms in total. The highest BCUT2D eigenvalue weighted by Crippen LogP contribution is 2.12. The van der Waals surface area contributed by atoms with Gasteiger partial charge in [-0.1, -0.05) is 24.3 Å². The summed E-state index contributed by atoms with van der Waals surface area (Å²) in [6.45, 7) is 1.98. The van der Waals surface area contributed by atoms with Gasteiger partial charge in [0, 0.05) is 17.8 Å². The maximum absolute atomic E-state index is 10.9. The van der Waals surface area contributed by atoms with Crippen LogP contribution in [0.3, 0.4) is 0 Å². The van der Waals surface area contributed by atoms with Gasteiger partial charge in [0.1, 0.15) is 0 Å². The van der Waals surface area contributed by atoms with Crippen molar-refractivity contribution in [2.75, 3.05) is 7.11 Å². The number of benzene rings is 1. The van der Waals surface area contributed by atoms with Gasteiger partial charge >= 0.3 is 0 Å². The molecule has 1 aromatic rings. The zero-order valence-electron chi connectivity index (χ0n) is 9.31. The van der Waals surface area contributed by atoms with Crippen LogP contribution in [0.25, 0.3) is 0 Å². The Balaban J connectivity index is 2.68. The fourth-order valence-corrected chi connectivity index (χ4v) is 2.35. The van der Waals surface area contributed by atoms with E-state index < -0.39 is 9.05 Å². The summed E-state index contributed by atoms with van der Waals surface area (Å²) in [6.07, 6.45) is 0.965. The van der Waals surface area contributed by atoms with Crippen molar-refractivity contribution in [3.8, 4) is 0 Å². The van der Waals surface area contributed by atoms with E-state index in [-0.39, 0.29) is 11.9 Å². The second kappa shape index (κ2) is 5.66. The second-order valence-corrected chi connectivity index (χ2v) is 6.53. The standard InChI is InChI=1S/C11H15ClO3S/c1-9(15-2)7-10-3-5-11(6-4-10)8-16(12,13)14/h3-6,9H,7-8H2,1-2H3. The van der Waals surface area contributed by atoms with Gasteiger partial charge in [0.2, 0.25) is 9.05 Å². The molecule has 0 bridgehead atoms. The molecule has 0 aliphatic rings. The van der Waals surface area contributed by atoms with Gasteiger partial charge in [-0.15, -0.1) is 0 Å². The quantitative estimate of drug-likeness (QED) is 0.765. The Morgan fingerprint density at radius 1 is 1.25 bits per heavy atom. The highest BCUT2D eigenvalue weighted by molar-refractivity contribution is 8.13. The van der Waals surface area contributed by atoms with Crippen molar-refractivity contribution >= 4 is 19.7 Å². The minimum atomic E-state index is -3.47. The minimum absolute atomic E-state index is 0.130. The molecule has 1 rings (SSSR count). The average Bonchev–Trinajstić information content (AvgIpc) is 2.18. The predicted octanol–water partition coefficient (Wildman–Crippen LogP) is 2.33. The van der Waals surface area contributed by atoms with Crippen LogP contribution in [0, 0.1) is 0 Å². The van der Waals surface area contributed by atoms with Crippen LogP contribution < -0.4 is 0 Å². The molecule has 16 heavy (non-hydrogen) atoms. The molecule has 90 valence electrons. The molecular formula is C11H15ClO3S. The molecule has 0 aliphatic carbocycles. The van der Waals surface area contributed by atoms with Crippen LogP contribution in [-0.2, 0) is 26.0 Å². The first kappa shape index (κ1) is 13.5. The molecule has 1 aromatic carbocycles. The van der Waals surface area contributed by atoms with Crippen molar-refractivity contribution in [2.24, 2.45) is 0 Å². The van der Waals surface area contributed by atoms with Crippen molar-refractivity contribution in [3.05, 3.63) is 35.4 Å². The molecule has 0 amide bonds. The Bertz CT molecular complexity index is 425. The van der Waals surface area contributed by atoms with Crippen LogP contribution in [0.1, 0.15) is 18.1 Å². The van der Waals surface area contributed by atoms with Gasteiger partial charge in [-0.25, -0.2) is 8.42 Å². The summed E-state index contributed by atoms with van der Waals surface area (Å²) in [4.78, 5) is 0. The topological polar surface area (TPSA) is 43.4 Å².